The first-order chi connectivity index (χ1) is 1.73. The van der Waals surface area contributed by atoms with Gasteiger partial charge in [0.05, 0.1) is 0 Å². The van der Waals surface area contributed by atoms with E-state index < -0.39 is 16.6 Å². The quantitative estimate of drug-likeness (QED) is 0.618. The van der Waals surface area contributed by atoms with Crippen molar-refractivity contribution in [3.05, 3.63) is 0 Å². The Morgan fingerprint density at radius 1 is 1.40 bits per heavy atom. The SMILES string of the molecule is Cl.[CH3][Au]([CH3])=[S]. The maximum atomic E-state index is 4.77. The van der Waals surface area contributed by atoms with E-state index in [0.29, 0.717) is 0 Å². The maximum absolute atomic E-state index is 4.77. The van der Waals surface area contributed by atoms with Gasteiger partial charge < -0.3 is 0 Å². The van der Waals surface area contributed by atoms with Crippen molar-refractivity contribution < 1.29 is 16.6 Å². The van der Waals surface area contributed by atoms with Crippen LogP contribution >= 0.6 is 22.0 Å². The average molecular weight is 296 g/mol. The average Bonchev–Trinajstić information content (AvgIpc) is 0.811. The molecule has 0 bridgehead atoms. The summed E-state index contributed by atoms with van der Waals surface area (Å²) < 4.78 is 0. The fourth-order valence-corrected chi connectivity index (χ4v) is 0. The molecule has 0 aromatic carbocycles. The van der Waals surface area contributed by atoms with E-state index in [9.17, 15) is 0 Å². The molecule has 0 aliphatic rings. The van der Waals surface area contributed by atoms with Crippen molar-refractivity contribution in [1.29, 1.82) is 0 Å². The molecule has 0 saturated heterocycles. The summed E-state index contributed by atoms with van der Waals surface area (Å²) in [6.45, 7) is 0. The van der Waals surface area contributed by atoms with Crippen molar-refractivity contribution in [2.75, 3.05) is 0 Å². The van der Waals surface area contributed by atoms with Gasteiger partial charge in [-0.3, -0.25) is 0 Å². The van der Waals surface area contributed by atoms with Crippen molar-refractivity contribution in [3.63, 3.8) is 0 Å². The van der Waals surface area contributed by atoms with Crippen molar-refractivity contribution >= 4 is 22.0 Å². The fourth-order valence-electron chi connectivity index (χ4n) is 0. The summed E-state index contributed by atoms with van der Waals surface area (Å²) in [6.07, 6.45) is 0. The molecule has 0 unspecified atom stereocenters. The predicted octanol–water partition coefficient (Wildman–Crippen LogP) is 2.24. The Bertz CT molecular complexity index is 32.6. The molecule has 0 amide bonds. The summed E-state index contributed by atoms with van der Waals surface area (Å²) in [7, 11) is 4.77. The first-order valence-corrected chi connectivity index (χ1v) is 7.96. The number of halogens is 1. The summed E-state index contributed by atoms with van der Waals surface area (Å²) in [5.41, 5.74) is 0. The topological polar surface area (TPSA) is 0 Å². The van der Waals surface area contributed by atoms with Gasteiger partial charge in [0.25, 0.3) is 0 Å². The van der Waals surface area contributed by atoms with Crippen LogP contribution in [0, 0.1) is 0 Å². The molecule has 0 nitrogen and oxygen atoms in total. The first-order valence-electron chi connectivity index (χ1n) is 0.726. The van der Waals surface area contributed by atoms with Gasteiger partial charge in [-0.15, -0.1) is 12.4 Å². The van der Waals surface area contributed by atoms with Crippen LogP contribution in [0.2, 0.25) is 10.3 Å². The van der Waals surface area contributed by atoms with Gasteiger partial charge in [0.15, 0.2) is 0 Å². The van der Waals surface area contributed by atoms with Crippen LogP contribution in [0.1, 0.15) is 0 Å². The Morgan fingerprint density at radius 3 is 1.40 bits per heavy atom. The van der Waals surface area contributed by atoms with Crippen LogP contribution in [0.15, 0.2) is 0 Å². The van der Waals surface area contributed by atoms with Crippen molar-refractivity contribution in [1.82, 2.24) is 0 Å². The van der Waals surface area contributed by atoms with Crippen LogP contribution in [0.5, 0.6) is 0 Å². The summed E-state index contributed by atoms with van der Waals surface area (Å²) >= 11 is -0.620. The van der Waals surface area contributed by atoms with Crippen molar-refractivity contribution in [2.24, 2.45) is 0 Å². The molecular formula is C2H7AuClS. The second-order valence-corrected chi connectivity index (χ2v) is 8.51. The van der Waals surface area contributed by atoms with E-state index in [1.165, 1.54) is 0 Å². The number of hydrogen-bond acceptors (Lipinski definition) is 1. The van der Waals surface area contributed by atoms with Crippen molar-refractivity contribution in [3.8, 4) is 0 Å². The van der Waals surface area contributed by atoms with E-state index in [2.05, 4.69) is 10.3 Å². The molecule has 0 aliphatic heterocycles. The van der Waals surface area contributed by atoms with Crippen LogP contribution in [0.3, 0.4) is 0 Å². The van der Waals surface area contributed by atoms with Gasteiger partial charge in [-0.05, 0) is 0 Å². The summed E-state index contributed by atoms with van der Waals surface area (Å²) in [4.78, 5) is 0. The third-order valence-corrected chi connectivity index (χ3v) is 0. The summed E-state index contributed by atoms with van der Waals surface area (Å²) in [6, 6.07) is 0. The molecule has 0 atom stereocenters. The zero-order valence-electron chi connectivity index (χ0n) is 3.12. The third kappa shape index (κ3) is 35.5. The van der Waals surface area contributed by atoms with E-state index in [4.69, 9.17) is 9.58 Å². The third-order valence-electron chi connectivity index (χ3n) is 0. The van der Waals surface area contributed by atoms with Gasteiger partial charge in [-0.1, -0.05) is 0 Å². The first kappa shape index (κ1) is 9.54. The molecule has 0 aromatic heterocycles. The molecule has 0 saturated carbocycles. The molecule has 0 fully saturated rings. The molecule has 0 aliphatic carbocycles. The molecule has 0 rings (SSSR count). The normalized spacial score (nSPS) is 8.80. The second-order valence-electron chi connectivity index (χ2n) is 0.548. The summed E-state index contributed by atoms with van der Waals surface area (Å²) in [5.74, 6) is 0. The van der Waals surface area contributed by atoms with Gasteiger partial charge in [0, 0.05) is 0 Å². The number of hydrogen-bond donors (Lipinski definition) is 0. The van der Waals surface area contributed by atoms with Crippen LogP contribution < -0.4 is 0 Å². The molecule has 39 valence electrons. The zero-order valence-corrected chi connectivity index (χ0v) is 6.92. The molecular weight excluding hydrogens is 289 g/mol. The number of rotatable bonds is 0. The molecule has 0 N–H and O–H groups in total. The van der Waals surface area contributed by atoms with Gasteiger partial charge >= 0.3 is 36.4 Å². The Labute approximate surface area is 48.8 Å². The zero-order chi connectivity index (χ0) is 3.58. The Kier molecular flexibility index (Phi) is 10.0. The Morgan fingerprint density at radius 2 is 1.40 bits per heavy atom. The van der Waals surface area contributed by atoms with E-state index in [-0.39, 0.29) is 12.4 Å². The van der Waals surface area contributed by atoms with Crippen LogP contribution in [-0.4, -0.2) is 0 Å². The van der Waals surface area contributed by atoms with E-state index in [1.54, 1.807) is 0 Å². The molecule has 3 heteroatoms. The fraction of sp³-hybridized carbons (Fsp3) is 1.00. The van der Waals surface area contributed by atoms with Gasteiger partial charge in [0.2, 0.25) is 0 Å². The molecule has 5 heavy (non-hydrogen) atoms. The van der Waals surface area contributed by atoms with Crippen molar-refractivity contribution in [2.45, 2.75) is 10.3 Å². The van der Waals surface area contributed by atoms with E-state index >= 15 is 0 Å². The monoisotopic (exact) mass is 295 g/mol. The molecule has 0 heterocycles. The molecule has 0 spiro atoms. The van der Waals surface area contributed by atoms with Gasteiger partial charge in [-0.25, -0.2) is 0 Å². The Balaban J connectivity index is 0. The molecule has 0 radical (unpaired) electrons. The van der Waals surface area contributed by atoms with Crippen LogP contribution in [-0.2, 0) is 16.6 Å². The Hall–Kier alpha value is 1.25. The van der Waals surface area contributed by atoms with E-state index in [1.807, 2.05) is 0 Å². The standard InChI is InChI=1S/2CH3.Au.ClH.S/h2*1H3;;1H;. The van der Waals surface area contributed by atoms with Gasteiger partial charge in [-0.2, -0.15) is 0 Å². The minimum atomic E-state index is -0.620. The minimum absolute atomic E-state index is 0. The predicted molar refractivity (Wildman–Crippen MR) is 26.6 cm³/mol. The van der Waals surface area contributed by atoms with Crippen LogP contribution in [0.25, 0.3) is 0 Å². The summed E-state index contributed by atoms with van der Waals surface area (Å²) in [5, 5.41) is 4.26. The van der Waals surface area contributed by atoms with Gasteiger partial charge in [0.1, 0.15) is 0 Å². The van der Waals surface area contributed by atoms with E-state index in [0.717, 1.165) is 0 Å². The second kappa shape index (κ2) is 5.25. The molecule has 0 aromatic rings. The van der Waals surface area contributed by atoms with Crippen LogP contribution in [0.4, 0.5) is 0 Å².